The van der Waals surface area contributed by atoms with Gasteiger partial charge in [-0.25, -0.2) is 9.97 Å². The van der Waals surface area contributed by atoms with Crippen LogP contribution in [0, 0.1) is 6.92 Å². The van der Waals surface area contributed by atoms with Crippen molar-refractivity contribution in [3.05, 3.63) is 47.3 Å². The van der Waals surface area contributed by atoms with Crippen molar-refractivity contribution in [1.29, 1.82) is 0 Å². The first-order valence-electron chi connectivity index (χ1n) is 6.10. The van der Waals surface area contributed by atoms with Crippen molar-refractivity contribution in [2.24, 2.45) is 5.73 Å². The van der Waals surface area contributed by atoms with Crippen LogP contribution in [0.1, 0.15) is 16.8 Å². The number of hydrogen-bond donors (Lipinski definition) is 2. The Balaban J connectivity index is 2.17. The molecule has 0 saturated carbocycles. The standard InChI is InChI=1S/C14H16N4OS/c1-9-3-4-11(13(15)20)14(18-9)17-8-10-5-6-16-12(7-10)19-2/h3-7H,8H2,1-2H3,(H2,15,20)(H,17,18). The fourth-order valence-electron chi connectivity index (χ4n) is 1.75. The van der Waals surface area contributed by atoms with E-state index in [1.54, 1.807) is 13.3 Å². The predicted octanol–water partition coefficient (Wildman–Crippen LogP) is 2.04. The van der Waals surface area contributed by atoms with Crippen molar-refractivity contribution in [2.45, 2.75) is 13.5 Å². The third-order valence-electron chi connectivity index (χ3n) is 2.77. The maximum Gasteiger partial charge on any atom is 0.213 e. The summed E-state index contributed by atoms with van der Waals surface area (Å²) in [5.41, 5.74) is 8.38. The number of hydrogen-bond acceptors (Lipinski definition) is 5. The molecule has 20 heavy (non-hydrogen) atoms. The fourth-order valence-corrected chi connectivity index (χ4v) is 1.91. The van der Waals surface area contributed by atoms with Crippen LogP contribution in [-0.4, -0.2) is 22.1 Å². The number of aryl methyl sites for hydroxylation is 1. The minimum Gasteiger partial charge on any atom is -0.481 e. The number of thiocarbonyl (C=S) groups is 1. The molecule has 0 amide bonds. The number of methoxy groups -OCH3 is 1. The van der Waals surface area contributed by atoms with Gasteiger partial charge in [0.05, 0.1) is 12.7 Å². The molecule has 0 saturated heterocycles. The molecule has 3 N–H and O–H groups in total. The number of aromatic nitrogens is 2. The summed E-state index contributed by atoms with van der Waals surface area (Å²) in [6.07, 6.45) is 1.70. The van der Waals surface area contributed by atoms with Gasteiger partial charge in [-0.05, 0) is 30.7 Å². The van der Waals surface area contributed by atoms with E-state index >= 15 is 0 Å². The van der Waals surface area contributed by atoms with Crippen LogP contribution in [0.25, 0.3) is 0 Å². The number of nitrogens with zero attached hydrogens (tertiary/aromatic N) is 2. The number of rotatable bonds is 5. The number of ether oxygens (including phenoxy) is 1. The summed E-state index contributed by atoms with van der Waals surface area (Å²) < 4.78 is 5.09. The molecule has 0 fully saturated rings. The second kappa shape index (κ2) is 6.29. The summed E-state index contributed by atoms with van der Waals surface area (Å²) in [5.74, 6) is 1.27. The highest BCUT2D eigenvalue weighted by Crippen LogP contribution is 2.16. The lowest BCUT2D eigenvalue weighted by molar-refractivity contribution is 0.397. The molecule has 0 atom stereocenters. The molecule has 104 valence electrons. The van der Waals surface area contributed by atoms with Gasteiger partial charge in [0.15, 0.2) is 0 Å². The first kappa shape index (κ1) is 14.2. The fraction of sp³-hybridized carbons (Fsp3) is 0.214. The van der Waals surface area contributed by atoms with Crippen LogP contribution in [0.15, 0.2) is 30.5 Å². The minimum absolute atomic E-state index is 0.326. The highest BCUT2D eigenvalue weighted by Gasteiger charge is 2.07. The zero-order valence-electron chi connectivity index (χ0n) is 11.4. The van der Waals surface area contributed by atoms with Crippen LogP contribution < -0.4 is 15.8 Å². The first-order valence-corrected chi connectivity index (χ1v) is 6.51. The van der Waals surface area contributed by atoms with Crippen molar-refractivity contribution in [1.82, 2.24) is 9.97 Å². The Morgan fingerprint density at radius 2 is 2.20 bits per heavy atom. The van der Waals surface area contributed by atoms with Gasteiger partial charge in [0.2, 0.25) is 5.88 Å². The Labute approximate surface area is 123 Å². The van der Waals surface area contributed by atoms with Crippen molar-refractivity contribution in [3.8, 4) is 5.88 Å². The maximum absolute atomic E-state index is 5.70. The third kappa shape index (κ3) is 3.42. The molecule has 0 aliphatic rings. The number of nitrogens with two attached hydrogens (primary N) is 1. The van der Waals surface area contributed by atoms with Crippen LogP contribution in [0.5, 0.6) is 5.88 Å². The van der Waals surface area contributed by atoms with Crippen LogP contribution in [0.2, 0.25) is 0 Å². The van der Waals surface area contributed by atoms with Gasteiger partial charge in [-0.2, -0.15) is 0 Å². The molecular weight excluding hydrogens is 272 g/mol. The van der Waals surface area contributed by atoms with E-state index in [0.717, 1.165) is 16.8 Å². The molecule has 0 unspecified atom stereocenters. The second-order valence-corrected chi connectivity index (χ2v) is 4.71. The van der Waals surface area contributed by atoms with Gasteiger partial charge in [-0.3, -0.25) is 0 Å². The number of anilines is 1. The molecule has 5 nitrogen and oxygen atoms in total. The van der Waals surface area contributed by atoms with Gasteiger partial charge < -0.3 is 15.8 Å². The van der Waals surface area contributed by atoms with Gasteiger partial charge in [-0.1, -0.05) is 12.2 Å². The van der Waals surface area contributed by atoms with Crippen molar-refractivity contribution in [2.75, 3.05) is 12.4 Å². The van der Waals surface area contributed by atoms with Crippen molar-refractivity contribution in [3.63, 3.8) is 0 Å². The summed E-state index contributed by atoms with van der Waals surface area (Å²) in [4.78, 5) is 8.82. The first-order chi connectivity index (χ1) is 9.60. The van der Waals surface area contributed by atoms with Gasteiger partial charge in [-0.15, -0.1) is 0 Å². The average Bonchev–Trinajstić information content (AvgIpc) is 2.45. The van der Waals surface area contributed by atoms with Gasteiger partial charge in [0.1, 0.15) is 10.8 Å². The Hall–Kier alpha value is -2.21. The Kier molecular flexibility index (Phi) is 4.47. The normalized spacial score (nSPS) is 10.1. The van der Waals surface area contributed by atoms with E-state index in [2.05, 4.69) is 15.3 Å². The van der Waals surface area contributed by atoms with E-state index in [0.29, 0.717) is 23.2 Å². The molecule has 0 aromatic carbocycles. The van der Waals surface area contributed by atoms with Crippen molar-refractivity contribution < 1.29 is 4.74 Å². The molecule has 0 bridgehead atoms. The van der Waals surface area contributed by atoms with E-state index in [1.807, 2.05) is 31.2 Å². The summed E-state index contributed by atoms with van der Waals surface area (Å²) in [7, 11) is 1.59. The predicted molar refractivity (Wildman–Crippen MR) is 83.0 cm³/mol. The quantitative estimate of drug-likeness (QED) is 0.820. The lowest BCUT2D eigenvalue weighted by atomic mass is 10.2. The van der Waals surface area contributed by atoms with Gasteiger partial charge >= 0.3 is 0 Å². The molecule has 2 aromatic heterocycles. The lowest BCUT2D eigenvalue weighted by Gasteiger charge is -2.11. The lowest BCUT2D eigenvalue weighted by Crippen LogP contribution is -2.14. The smallest absolute Gasteiger partial charge is 0.213 e. The molecule has 2 heterocycles. The molecular formula is C14H16N4OS. The third-order valence-corrected chi connectivity index (χ3v) is 2.99. The molecule has 2 rings (SSSR count). The zero-order valence-corrected chi connectivity index (χ0v) is 12.2. The largest absolute Gasteiger partial charge is 0.481 e. The Morgan fingerprint density at radius 1 is 1.40 bits per heavy atom. The summed E-state index contributed by atoms with van der Waals surface area (Å²) in [6.45, 7) is 2.51. The Bertz CT molecular complexity index is 630. The van der Waals surface area contributed by atoms with Crippen LogP contribution in [0.3, 0.4) is 0 Å². The average molecular weight is 288 g/mol. The highest BCUT2D eigenvalue weighted by atomic mass is 32.1. The second-order valence-electron chi connectivity index (χ2n) is 4.27. The van der Waals surface area contributed by atoms with E-state index in [-0.39, 0.29) is 0 Å². The van der Waals surface area contributed by atoms with E-state index in [1.165, 1.54) is 0 Å². The Morgan fingerprint density at radius 3 is 2.90 bits per heavy atom. The summed E-state index contributed by atoms with van der Waals surface area (Å²) in [5, 5.41) is 3.24. The monoisotopic (exact) mass is 288 g/mol. The summed E-state index contributed by atoms with van der Waals surface area (Å²) in [6, 6.07) is 7.53. The molecule has 0 radical (unpaired) electrons. The van der Waals surface area contributed by atoms with Crippen LogP contribution >= 0.6 is 12.2 Å². The van der Waals surface area contributed by atoms with Crippen molar-refractivity contribution >= 4 is 23.0 Å². The molecule has 0 aliphatic carbocycles. The number of nitrogens with one attached hydrogen (secondary N) is 1. The van der Waals surface area contributed by atoms with E-state index < -0.39 is 0 Å². The van der Waals surface area contributed by atoms with E-state index in [4.69, 9.17) is 22.7 Å². The minimum atomic E-state index is 0.326. The molecule has 6 heteroatoms. The SMILES string of the molecule is COc1cc(CNc2nc(C)ccc2C(N)=S)ccn1. The molecule has 0 aliphatic heterocycles. The topological polar surface area (TPSA) is 73.1 Å². The summed E-state index contributed by atoms with van der Waals surface area (Å²) >= 11 is 5.03. The maximum atomic E-state index is 5.70. The zero-order chi connectivity index (χ0) is 14.5. The molecule has 0 spiro atoms. The van der Waals surface area contributed by atoms with E-state index in [9.17, 15) is 0 Å². The molecule has 2 aromatic rings. The van der Waals surface area contributed by atoms with Crippen LogP contribution in [-0.2, 0) is 6.54 Å². The number of pyridine rings is 2. The van der Waals surface area contributed by atoms with Gasteiger partial charge in [0.25, 0.3) is 0 Å². The van der Waals surface area contributed by atoms with Crippen LogP contribution in [0.4, 0.5) is 5.82 Å². The highest BCUT2D eigenvalue weighted by molar-refractivity contribution is 7.80. The van der Waals surface area contributed by atoms with Gasteiger partial charge in [0, 0.05) is 24.5 Å².